The molecule has 296 valence electrons. The van der Waals surface area contributed by atoms with Gasteiger partial charge < -0.3 is 5.32 Å². The molecule has 0 bridgehead atoms. The fraction of sp³-hybridized carbons (Fsp3) is 0.131. The standard InChI is InChI=1S/C61H47N/c1-3-18-41(19-4-1)45-36-37-58(62-59(40-45)42-20-5-2-6-21-42)47-25-16-23-44(39-47)43-22-15-24-46(38-43)48-31-17-35-57-60(48)53-30-11-14-34-56(53)61(57)54-32-12-9-28-51(54)49-26-7-8-27-50(49)52-29-10-13-33-55(52)61/h1-3,5-18,20-26,28-36,38-40,50-51,54,59,62H,4,19,27H2. The maximum atomic E-state index is 3.88. The Bertz CT molecular complexity index is 3080. The van der Waals surface area contributed by atoms with Crippen molar-refractivity contribution >= 4 is 5.70 Å². The molecule has 1 heterocycles. The molecule has 0 aromatic heterocycles. The van der Waals surface area contributed by atoms with Crippen LogP contribution < -0.4 is 5.32 Å². The van der Waals surface area contributed by atoms with E-state index in [1.807, 2.05) is 0 Å². The Morgan fingerprint density at radius 2 is 1.29 bits per heavy atom. The molecule has 6 aromatic rings. The van der Waals surface area contributed by atoms with E-state index in [2.05, 4.69) is 230 Å². The Morgan fingerprint density at radius 3 is 2.16 bits per heavy atom. The highest BCUT2D eigenvalue weighted by molar-refractivity contribution is 5.95. The highest BCUT2D eigenvalue weighted by atomic mass is 14.9. The number of hydrogen-bond acceptors (Lipinski definition) is 1. The smallest absolute Gasteiger partial charge is 0.0855 e. The lowest BCUT2D eigenvalue weighted by Gasteiger charge is -2.42. The van der Waals surface area contributed by atoms with Crippen LogP contribution in [0.4, 0.5) is 0 Å². The van der Waals surface area contributed by atoms with Crippen molar-refractivity contribution in [3.8, 4) is 33.4 Å². The van der Waals surface area contributed by atoms with Gasteiger partial charge in [-0.15, -0.1) is 0 Å². The van der Waals surface area contributed by atoms with Gasteiger partial charge in [-0.1, -0.05) is 206 Å². The maximum Gasteiger partial charge on any atom is 0.0855 e. The quantitative estimate of drug-likeness (QED) is 0.171. The summed E-state index contributed by atoms with van der Waals surface area (Å²) < 4.78 is 0. The molecule has 6 aromatic carbocycles. The predicted molar refractivity (Wildman–Crippen MR) is 257 cm³/mol. The van der Waals surface area contributed by atoms with E-state index >= 15 is 0 Å². The zero-order valence-corrected chi connectivity index (χ0v) is 34.7. The highest BCUT2D eigenvalue weighted by Crippen LogP contribution is 2.64. The van der Waals surface area contributed by atoms with Crippen LogP contribution in [0.1, 0.15) is 64.6 Å². The van der Waals surface area contributed by atoms with Crippen LogP contribution in [0.15, 0.2) is 241 Å². The van der Waals surface area contributed by atoms with E-state index in [-0.39, 0.29) is 17.4 Å². The molecule has 6 aliphatic rings. The van der Waals surface area contributed by atoms with Gasteiger partial charge >= 0.3 is 0 Å². The molecule has 5 unspecified atom stereocenters. The minimum Gasteiger partial charge on any atom is -0.368 e. The number of fused-ring (bicyclic) bond motifs is 12. The van der Waals surface area contributed by atoms with Crippen LogP contribution in [0.25, 0.3) is 39.1 Å². The normalized spacial score (nSPS) is 23.6. The van der Waals surface area contributed by atoms with E-state index in [0.29, 0.717) is 11.8 Å². The van der Waals surface area contributed by atoms with E-state index in [4.69, 9.17) is 0 Å². The minimum atomic E-state index is -0.349. The first-order chi connectivity index (χ1) is 30.8. The van der Waals surface area contributed by atoms with Gasteiger partial charge in [-0.2, -0.15) is 0 Å². The average Bonchev–Trinajstić information content (AvgIpc) is 3.43. The molecular weight excluding hydrogens is 747 g/mol. The van der Waals surface area contributed by atoms with Crippen LogP contribution in [0.3, 0.4) is 0 Å². The van der Waals surface area contributed by atoms with Crippen molar-refractivity contribution in [2.75, 3.05) is 0 Å². The fourth-order valence-corrected chi connectivity index (χ4v) is 11.6. The van der Waals surface area contributed by atoms with Crippen LogP contribution in [0.2, 0.25) is 0 Å². The van der Waals surface area contributed by atoms with Crippen molar-refractivity contribution in [2.45, 2.75) is 36.6 Å². The van der Waals surface area contributed by atoms with Crippen LogP contribution in [0, 0.1) is 11.8 Å². The second-order valence-electron chi connectivity index (χ2n) is 17.5. The molecule has 1 aliphatic heterocycles. The maximum absolute atomic E-state index is 3.88. The molecule has 0 saturated carbocycles. The van der Waals surface area contributed by atoms with Gasteiger partial charge in [0, 0.05) is 23.3 Å². The minimum absolute atomic E-state index is 0.0193. The van der Waals surface area contributed by atoms with Crippen molar-refractivity contribution in [3.63, 3.8) is 0 Å². The molecule has 0 saturated heterocycles. The van der Waals surface area contributed by atoms with E-state index in [1.165, 1.54) is 77.9 Å². The summed E-state index contributed by atoms with van der Waals surface area (Å²) in [6.45, 7) is 0. The molecule has 12 rings (SSSR count). The van der Waals surface area contributed by atoms with Crippen LogP contribution >= 0.6 is 0 Å². The van der Waals surface area contributed by atoms with Crippen molar-refractivity contribution < 1.29 is 0 Å². The van der Waals surface area contributed by atoms with Gasteiger partial charge in [0.25, 0.3) is 0 Å². The Kier molecular flexibility index (Phi) is 8.91. The van der Waals surface area contributed by atoms with E-state index < -0.39 is 0 Å². The van der Waals surface area contributed by atoms with Crippen molar-refractivity contribution in [3.05, 3.63) is 274 Å². The lowest BCUT2D eigenvalue weighted by atomic mass is 9.59. The molecule has 1 heteroatoms. The molecule has 1 N–H and O–H groups in total. The highest BCUT2D eigenvalue weighted by Gasteiger charge is 2.55. The van der Waals surface area contributed by atoms with E-state index in [9.17, 15) is 0 Å². The van der Waals surface area contributed by atoms with Crippen molar-refractivity contribution in [1.29, 1.82) is 0 Å². The van der Waals surface area contributed by atoms with Gasteiger partial charge in [0.15, 0.2) is 0 Å². The Hall–Kier alpha value is -7.18. The Labute approximate surface area is 365 Å². The first kappa shape index (κ1) is 36.7. The molecule has 0 amide bonds. The number of nitrogens with one attached hydrogen (secondary N) is 1. The molecule has 62 heavy (non-hydrogen) atoms. The van der Waals surface area contributed by atoms with Gasteiger partial charge in [-0.05, 0) is 116 Å². The zero-order chi connectivity index (χ0) is 41.0. The summed E-state index contributed by atoms with van der Waals surface area (Å²) in [5, 5.41) is 3.88. The molecule has 1 spiro atoms. The topological polar surface area (TPSA) is 12.0 Å². The Morgan fingerprint density at radius 1 is 0.581 bits per heavy atom. The second kappa shape index (κ2) is 15.1. The molecular formula is C61H47N. The third kappa shape index (κ3) is 5.84. The van der Waals surface area contributed by atoms with Crippen LogP contribution in [-0.4, -0.2) is 0 Å². The average molecular weight is 794 g/mol. The van der Waals surface area contributed by atoms with Gasteiger partial charge in [0.1, 0.15) is 0 Å². The van der Waals surface area contributed by atoms with Crippen LogP contribution in [-0.2, 0) is 5.41 Å². The SMILES string of the molecule is C1=CC(C2=CC=CCC2)=CC(c2ccccc2)NC=1c1cccc(-c2cccc(-c3cccc4c3-c3ccccc3C43c4ccccc4C4CC=CC=C4C4C=CC=CC43)c2)c1. The number of allylic oxidation sites excluding steroid dienone is 14. The summed E-state index contributed by atoms with van der Waals surface area (Å²) in [7, 11) is 0. The number of rotatable bonds is 5. The third-order valence-electron chi connectivity index (χ3n) is 14.3. The third-order valence-corrected chi connectivity index (χ3v) is 14.3. The lowest BCUT2D eigenvalue weighted by molar-refractivity contribution is 0.390. The van der Waals surface area contributed by atoms with Gasteiger partial charge in [0.05, 0.1) is 17.2 Å². The summed E-state index contributed by atoms with van der Waals surface area (Å²) in [5.74, 6) is 0.883. The lowest BCUT2D eigenvalue weighted by Crippen LogP contribution is -2.39. The largest absolute Gasteiger partial charge is 0.368 e. The van der Waals surface area contributed by atoms with Crippen molar-refractivity contribution in [1.82, 2.24) is 5.32 Å². The fourth-order valence-electron chi connectivity index (χ4n) is 11.6. The molecule has 1 nitrogen and oxygen atoms in total. The molecule has 5 atom stereocenters. The van der Waals surface area contributed by atoms with E-state index in [1.54, 1.807) is 0 Å². The molecule has 0 fully saturated rings. The monoisotopic (exact) mass is 793 g/mol. The molecule has 5 aliphatic carbocycles. The van der Waals surface area contributed by atoms with Gasteiger partial charge in [-0.3, -0.25) is 0 Å². The summed E-state index contributed by atoms with van der Waals surface area (Å²) in [5.41, 5.74) is 24.2. The van der Waals surface area contributed by atoms with Gasteiger partial charge in [0.2, 0.25) is 0 Å². The van der Waals surface area contributed by atoms with E-state index in [0.717, 1.165) is 30.5 Å². The second-order valence-corrected chi connectivity index (χ2v) is 17.5. The summed E-state index contributed by atoms with van der Waals surface area (Å²) >= 11 is 0. The predicted octanol–water partition coefficient (Wildman–Crippen LogP) is 14.7. The molecule has 0 radical (unpaired) electrons. The summed E-state index contributed by atoms with van der Waals surface area (Å²) in [4.78, 5) is 0. The van der Waals surface area contributed by atoms with Gasteiger partial charge in [-0.25, -0.2) is 0 Å². The Balaban J connectivity index is 0.980. The van der Waals surface area contributed by atoms with Crippen LogP contribution in [0.5, 0.6) is 0 Å². The summed E-state index contributed by atoms with van der Waals surface area (Å²) in [6, 6.07) is 54.8. The zero-order valence-electron chi connectivity index (χ0n) is 34.7. The first-order valence-corrected chi connectivity index (χ1v) is 22.4. The van der Waals surface area contributed by atoms with Crippen molar-refractivity contribution in [2.24, 2.45) is 11.8 Å². The number of hydrogen-bond donors (Lipinski definition) is 1. The number of benzene rings is 6. The first-order valence-electron chi connectivity index (χ1n) is 22.4. The summed E-state index contributed by atoms with van der Waals surface area (Å²) in [6.07, 6.45) is 31.0.